The van der Waals surface area contributed by atoms with E-state index in [0.29, 0.717) is 16.1 Å². The number of carbonyl (C=O) groups is 1. The Labute approximate surface area is 154 Å². The second-order valence-corrected chi connectivity index (χ2v) is 6.67. The molecule has 0 fully saturated rings. The number of aromatic nitrogens is 2. The van der Waals surface area contributed by atoms with Crippen molar-refractivity contribution in [3.63, 3.8) is 0 Å². The number of amides is 1. The van der Waals surface area contributed by atoms with Gasteiger partial charge in [-0.15, -0.1) is 10.2 Å². The molecule has 0 spiro atoms. The molecule has 128 valence electrons. The third-order valence-electron chi connectivity index (χ3n) is 3.50. The van der Waals surface area contributed by atoms with E-state index >= 15 is 0 Å². The standard InChI is InChI=1S/C18H16ClN3O2S/c1-12(14-9-5-6-10-15(14)19)20-16(23)11-25-18-22-21-17(24-18)13-7-3-2-4-8-13/h2-10,12H,11H2,1H3,(H,20,23)/t12-/m0/s1. The van der Waals surface area contributed by atoms with Crippen LogP contribution in [0, 0.1) is 0 Å². The number of carbonyl (C=O) groups excluding carboxylic acids is 1. The van der Waals surface area contributed by atoms with Crippen LogP contribution in [-0.4, -0.2) is 21.9 Å². The maximum atomic E-state index is 12.1. The Kier molecular flexibility index (Phi) is 5.73. The Morgan fingerprint density at radius 1 is 1.16 bits per heavy atom. The molecular formula is C18H16ClN3O2S. The number of halogens is 1. The van der Waals surface area contributed by atoms with Crippen molar-refractivity contribution >= 4 is 29.3 Å². The van der Waals surface area contributed by atoms with Crippen LogP contribution in [-0.2, 0) is 4.79 Å². The number of hydrogen-bond acceptors (Lipinski definition) is 5. The molecule has 3 aromatic rings. The van der Waals surface area contributed by atoms with Gasteiger partial charge in [0.2, 0.25) is 11.8 Å². The van der Waals surface area contributed by atoms with E-state index in [0.717, 1.165) is 11.1 Å². The van der Waals surface area contributed by atoms with Crippen LogP contribution in [0.4, 0.5) is 0 Å². The number of nitrogens with one attached hydrogen (secondary N) is 1. The minimum Gasteiger partial charge on any atom is -0.411 e. The number of benzene rings is 2. The van der Waals surface area contributed by atoms with E-state index in [9.17, 15) is 4.79 Å². The second-order valence-electron chi connectivity index (χ2n) is 5.34. The van der Waals surface area contributed by atoms with Gasteiger partial charge in [-0.2, -0.15) is 0 Å². The average molecular weight is 374 g/mol. The summed E-state index contributed by atoms with van der Waals surface area (Å²) in [5, 5.41) is 11.9. The van der Waals surface area contributed by atoms with Crippen molar-refractivity contribution in [3.8, 4) is 11.5 Å². The molecule has 0 unspecified atom stereocenters. The summed E-state index contributed by atoms with van der Waals surface area (Å²) < 4.78 is 5.57. The molecular weight excluding hydrogens is 358 g/mol. The highest BCUT2D eigenvalue weighted by Gasteiger charge is 2.14. The van der Waals surface area contributed by atoms with Gasteiger partial charge in [-0.05, 0) is 30.7 Å². The molecule has 0 aliphatic rings. The highest BCUT2D eigenvalue weighted by atomic mass is 35.5. The van der Waals surface area contributed by atoms with E-state index < -0.39 is 0 Å². The minimum absolute atomic E-state index is 0.128. The molecule has 1 N–H and O–H groups in total. The summed E-state index contributed by atoms with van der Waals surface area (Å²) in [5.74, 6) is 0.496. The molecule has 5 nitrogen and oxygen atoms in total. The normalized spacial score (nSPS) is 11.9. The van der Waals surface area contributed by atoms with Crippen molar-refractivity contribution in [3.05, 3.63) is 65.2 Å². The minimum atomic E-state index is -0.177. The van der Waals surface area contributed by atoms with Crippen LogP contribution in [0.15, 0.2) is 64.2 Å². The molecule has 0 aliphatic carbocycles. The van der Waals surface area contributed by atoms with Gasteiger partial charge in [0, 0.05) is 10.6 Å². The first kappa shape index (κ1) is 17.5. The van der Waals surface area contributed by atoms with Gasteiger partial charge in [-0.25, -0.2) is 0 Å². The van der Waals surface area contributed by atoms with Crippen LogP contribution in [0.5, 0.6) is 0 Å². The van der Waals surface area contributed by atoms with Gasteiger partial charge in [0.25, 0.3) is 5.22 Å². The van der Waals surface area contributed by atoms with Crippen LogP contribution in [0.2, 0.25) is 5.02 Å². The van der Waals surface area contributed by atoms with Crippen LogP contribution in [0.3, 0.4) is 0 Å². The summed E-state index contributed by atoms with van der Waals surface area (Å²) in [5.41, 5.74) is 1.73. The number of rotatable bonds is 6. The Morgan fingerprint density at radius 2 is 1.88 bits per heavy atom. The highest BCUT2D eigenvalue weighted by molar-refractivity contribution is 7.99. The fourth-order valence-electron chi connectivity index (χ4n) is 2.28. The monoisotopic (exact) mass is 373 g/mol. The van der Waals surface area contributed by atoms with E-state index in [1.807, 2.05) is 55.5 Å². The lowest BCUT2D eigenvalue weighted by atomic mass is 10.1. The average Bonchev–Trinajstić information content (AvgIpc) is 3.10. The molecule has 0 radical (unpaired) electrons. The van der Waals surface area contributed by atoms with Gasteiger partial charge in [0.15, 0.2) is 0 Å². The largest absolute Gasteiger partial charge is 0.411 e. The van der Waals surface area contributed by atoms with E-state index in [1.54, 1.807) is 6.07 Å². The molecule has 1 atom stereocenters. The molecule has 3 rings (SSSR count). The van der Waals surface area contributed by atoms with E-state index in [2.05, 4.69) is 15.5 Å². The van der Waals surface area contributed by atoms with Gasteiger partial charge < -0.3 is 9.73 Å². The molecule has 2 aromatic carbocycles. The van der Waals surface area contributed by atoms with E-state index in [-0.39, 0.29) is 17.7 Å². The summed E-state index contributed by atoms with van der Waals surface area (Å²) in [6.45, 7) is 1.89. The predicted octanol–water partition coefficient (Wildman–Crippen LogP) is 4.36. The first-order valence-electron chi connectivity index (χ1n) is 7.69. The van der Waals surface area contributed by atoms with Crippen molar-refractivity contribution in [2.24, 2.45) is 0 Å². The van der Waals surface area contributed by atoms with Gasteiger partial charge in [0.05, 0.1) is 11.8 Å². The summed E-state index contributed by atoms with van der Waals surface area (Å²) >= 11 is 7.35. The zero-order valence-electron chi connectivity index (χ0n) is 13.5. The fraction of sp³-hybridized carbons (Fsp3) is 0.167. The molecule has 25 heavy (non-hydrogen) atoms. The lowest BCUT2D eigenvalue weighted by Gasteiger charge is -2.15. The molecule has 1 amide bonds. The molecule has 1 heterocycles. The maximum Gasteiger partial charge on any atom is 0.277 e. The third-order valence-corrected chi connectivity index (χ3v) is 4.67. The first-order valence-corrected chi connectivity index (χ1v) is 9.05. The summed E-state index contributed by atoms with van der Waals surface area (Å²) in [4.78, 5) is 12.1. The third kappa shape index (κ3) is 4.61. The molecule has 7 heteroatoms. The fourth-order valence-corrected chi connectivity index (χ4v) is 3.15. The Hall–Kier alpha value is -2.31. The van der Waals surface area contributed by atoms with Crippen LogP contribution in [0.1, 0.15) is 18.5 Å². The van der Waals surface area contributed by atoms with Gasteiger partial charge in [-0.3, -0.25) is 4.79 Å². The maximum absolute atomic E-state index is 12.1. The molecule has 1 aromatic heterocycles. The van der Waals surface area contributed by atoms with Crippen molar-refractivity contribution < 1.29 is 9.21 Å². The lowest BCUT2D eigenvalue weighted by molar-refractivity contribution is -0.119. The van der Waals surface area contributed by atoms with Crippen LogP contribution in [0.25, 0.3) is 11.5 Å². The van der Waals surface area contributed by atoms with Gasteiger partial charge >= 0.3 is 0 Å². The topological polar surface area (TPSA) is 68.0 Å². The quantitative estimate of drug-likeness (QED) is 0.650. The molecule has 0 saturated heterocycles. The molecule has 0 aliphatic heterocycles. The molecule has 0 bridgehead atoms. The van der Waals surface area contributed by atoms with Crippen molar-refractivity contribution in [2.45, 2.75) is 18.2 Å². The van der Waals surface area contributed by atoms with E-state index in [1.165, 1.54) is 11.8 Å². The van der Waals surface area contributed by atoms with Crippen molar-refractivity contribution in [2.75, 3.05) is 5.75 Å². The predicted molar refractivity (Wildman–Crippen MR) is 98.5 cm³/mol. The number of hydrogen-bond donors (Lipinski definition) is 1. The Bertz CT molecular complexity index is 854. The van der Waals surface area contributed by atoms with Crippen LogP contribution < -0.4 is 5.32 Å². The SMILES string of the molecule is C[C@H](NC(=O)CSc1nnc(-c2ccccc2)o1)c1ccccc1Cl. The zero-order valence-corrected chi connectivity index (χ0v) is 15.1. The number of nitrogens with zero attached hydrogens (tertiary/aromatic N) is 2. The lowest BCUT2D eigenvalue weighted by Crippen LogP contribution is -2.28. The van der Waals surface area contributed by atoms with Crippen LogP contribution >= 0.6 is 23.4 Å². The second kappa shape index (κ2) is 8.18. The van der Waals surface area contributed by atoms with Gasteiger partial charge in [0.1, 0.15) is 0 Å². The number of thioether (sulfide) groups is 1. The van der Waals surface area contributed by atoms with Crippen molar-refractivity contribution in [1.82, 2.24) is 15.5 Å². The summed E-state index contributed by atoms with van der Waals surface area (Å²) in [6, 6.07) is 16.8. The van der Waals surface area contributed by atoms with Crippen molar-refractivity contribution in [1.29, 1.82) is 0 Å². The summed E-state index contributed by atoms with van der Waals surface area (Å²) in [7, 11) is 0. The summed E-state index contributed by atoms with van der Waals surface area (Å²) in [6.07, 6.45) is 0. The zero-order chi connectivity index (χ0) is 17.6. The highest BCUT2D eigenvalue weighted by Crippen LogP contribution is 2.24. The Morgan fingerprint density at radius 3 is 2.64 bits per heavy atom. The smallest absolute Gasteiger partial charge is 0.277 e. The first-order chi connectivity index (χ1) is 12.1. The van der Waals surface area contributed by atoms with E-state index in [4.69, 9.17) is 16.0 Å². The Balaban J connectivity index is 1.54. The molecule has 0 saturated carbocycles. The van der Waals surface area contributed by atoms with Gasteiger partial charge in [-0.1, -0.05) is 59.8 Å².